The van der Waals surface area contributed by atoms with Gasteiger partial charge in [0.2, 0.25) is 0 Å². The summed E-state index contributed by atoms with van der Waals surface area (Å²) in [5.74, 6) is -3.92. The molecule has 1 amide bonds. The lowest BCUT2D eigenvalue weighted by atomic mass is 10.0. The Morgan fingerprint density at radius 1 is 1.07 bits per heavy atom. The highest BCUT2D eigenvalue weighted by Gasteiger charge is 2.44. The molecule has 0 radical (unpaired) electrons. The van der Waals surface area contributed by atoms with Crippen LogP contribution >= 0.6 is 0 Å². The van der Waals surface area contributed by atoms with Crippen LogP contribution in [0, 0.1) is 23.0 Å². The Labute approximate surface area is 165 Å². The topological polar surface area (TPSA) is 97.1 Å². The summed E-state index contributed by atoms with van der Waals surface area (Å²) in [6.07, 6.45) is -1.20. The zero-order chi connectivity index (χ0) is 21.5. The molecule has 1 aliphatic rings. The number of hydrogen-bond acceptors (Lipinski definition) is 6. The summed E-state index contributed by atoms with van der Waals surface area (Å²) in [6.45, 7) is 0. The predicted octanol–water partition coefficient (Wildman–Crippen LogP) is 3.87. The average Bonchev–Trinajstić information content (AvgIpc) is 3.00. The molecule has 7 nitrogen and oxygen atoms in total. The van der Waals surface area contributed by atoms with Crippen LogP contribution in [0.1, 0.15) is 15.9 Å². The molecule has 4 rings (SSSR count). The van der Waals surface area contributed by atoms with Crippen LogP contribution in [-0.4, -0.2) is 22.2 Å². The fourth-order valence-corrected chi connectivity index (χ4v) is 2.76. The molecule has 0 saturated heterocycles. The molecule has 150 valence electrons. The lowest BCUT2D eigenvalue weighted by molar-refractivity contribution is -0.286. The first-order valence-electron chi connectivity index (χ1n) is 8.18. The molecule has 1 aromatic carbocycles. The molecule has 30 heavy (non-hydrogen) atoms. The first kappa shape index (κ1) is 19.1. The second kappa shape index (κ2) is 7.00. The highest BCUT2D eigenvalue weighted by molar-refractivity contribution is 6.04. The number of nitrogens with one attached hydrogen (secondary N) is 1. The van der Waals surface area contributed by atoms with E-state index in [1.54, 1.807) is 0 Å². The van der Waals surface area contributed by atoms with Crippen molar-refractivity contribution in [2.24, 2.45) is 0 Å². The predicted molar refractivity (Wildman–Crippen MR) is 92.7 cm³/mol. The fourth-order valence-electron chi connectivity index (χ4n) is 2.76. The molecule has 0 unspecified atom stereocenters. The quantitative estimate of drug-likeness (QED) is 0.651. The monoisotopic (exact) mass is 416 g/mol. The second-order valence-electron chi connectivity index (χ2n) is 5.99. The van der Waals surface area contributed by atoms with E-state index in [1.165, 1.54) is 24.4 Å². The second-order valence-corrected chi connectivity index (χ2v) is 5.99. The van der Waals surface area contributed by atoms with Gasteiger partial charge in [0.05, 0.1) is 24.0 Å². The third kappa shape index (κ3) is 3.46. The van der Waals surface area contributed by atoms with Crippen LogP contribution in [-0.2, 0) is 0 Å². The van der Waals surface area contributed by atoms with Gasteiger partial charge in [-0.05, 0) is 18.2 Å². The summed E-state index contributed by atoms with van der Waals surface area (Å²) in [7, 11) is 0. The number of alkyl halides is 2. The number of rotatable bonds is 3. The molecule has 3 heterocycles. The number of hydrogen-bond donors (Lipinski definition) is 1. The average molecular weight is 416 g/mol. The van der Waals surface area contributed by atoms with E-state index in [0.29, 0.717) is 18.0 Å². The van der Waals surface area contributed by atoms with Crippen molar-refractivity contribution in [2.75, 3.05) is 5.32 Å². The fraction of sp³-hybridized carbons (Fsp3) is 0.0526. The maximum absolute atomic E-state index is 13.6. The van der Waals surface area contributed by atoms with E-state index in [2.05, 4.69) is 24.8 Å². The maximum Gasteiger partial charge on any atom is 0.586 e. The molecule has 2 aromatic heterocycles. The van der Waals surface area contributed by atoms with Gasteiger partial charge >= 0.3 is 6.29 Å². The number of nitriles is 1. The molecule has 0 bridgehead atoms. The number of amides is 1. The number of benzene rings is 1. The van der Waals surface area contributed by atoms with E-state index < -0.39 is 29.4 Å². The van der Waals surface area contributed by atoms with Gasteiger partial charge in [-0.3, -0.25) is 9.78 Å². The SMILES string of the molecule is N#Cc1cc2c(cc1-c1ccc(NC(=O)c3c(F)cncc3F)nc1)OC(F)(F)O2. The number of fused-ring (bicyclic) bond motifs is 1. The number of pyridine rings is 2. The molecular formula is C19H8F4N4O3. The third-order valence-electron chi connectivity index (χ3n) is 4.06. The van der Waals surface area contributed by atoms with Crippen LogP contribution in [0.2, 0.25) is 0 Å². The van der Waals surface area contributed by atoms with Crippen LogP contribution in [0.25, 0.3) is 11.1 Å². The molecule has 1 N–H and O–H groups in total. The third-order valence-corrected chi connectivity index (χ3v) is 4.06. The Morgan fingerprint density at radius 3 is 2.33 bits per heavy atom. The highest BCUT2D eigenvalue weighted by atomic mass is 19.3. The van der Waals surface area contributed by atoms with Gasteiger partial charge in [0.25, 0.3) is 5.91 Å². The van der Waals surface area contributed by atoms with Crippen molar-refractivity contribution in [3.63, 3.8) is 0 Å². The van der Waals surface area contributed by atoms with Crippen molar-refractivity contribution in [1.29, 1.82) is 5.26 Å². The first-order valence-corrected chi connectivity index (χ1v) is 8.18. The van der Waals surface area contributed by atoms with Crippen molar-refractivity contribution in [2.45, 2.75) is 6.29 Å². The number of nitrogens with zero attached hydrogens (tertiary/aromatic N) is 3. The largest absolute Gasteiger partial charge is 0.586 e. The number of aromatic nitrogens is 2. The standard InChI is InChI=1S/C19H8F4N4O3/c20-12-7-25-8-13(21)17(12)18(28)27-16-2-1-9(6-26-16)11-4-15-14(3-10(11)5-24)29-19(22,23)30-15/h1-4,6-8H,(H,26,27,28). The summed E-state index contributed by atoms with van der Waals surface area (Å²) in [4.78, 5) is 19.3. The van der Waals surface area contributed by atoms with E-state index in [0.717, 1.165) is 6.07 Å². The number of halogens is 4. The van der Waals surface area contributed by atoms with E-state index >= 15 is 0 Å². The molecule has 0 saturated carbocycles. The molecule has 0 atom stereocenters. The highest BCUT2D eigenvalue weighted by Crippen LogP contribution is 2.44. The minimum atomic E-state index is -3.84. The van der Waals surface area contributed by atoms with Crippen molar-refractivity contribution >= 4 is 11.7 Å². The van der Waals surface area contributed by atoms with Gasteiger partial charge in [-0.2, -0.15) is 5.26 Å². The van der Waals surface area contributed by atoms with Gasteiger partial charge in [0.1, 0.15) is 11.4 Å². The van der Waals surface area contributed by atoms with E-state index in [-0.39, 0.29) is 28.4 Å². The molecular weight excluding hydrogens is 408 g/mol. The number of carbonyl (C=O) groups excluding carboxylic acids is 1. The Bertz CT molecular complexity index is 1190. The Kier molecular flexibility index (Phi) is 4.46. The van der Waals surface area contributed by atoms with Gasteiger partial charge in [0.15, 0.2) is 23.1 Å². The van der Waals surface area contributed by atoms with Crippen LogP contribution in [0.15, 0.2) is 42.9 Å². The summed E-state index contributed by atoms with van der Waals surface area (Å²) in [5.41, 5.74) is -0.226. The van der Waals surface area contributed by atoms with Crippen LogP contribution < -0.4 is 14.8 Å². The Hall–Kier alpha value is -4.20. The van der Waals surface area contributed by atoms with Crippen LogP contribution in [0.5, 0.6) is 11.5 Å². The summed E-state index contributed by atoms with van der Waals surface area (Å²) >= 11 is 0. The lowest BCUT2D eigenvalue weighted by Crippen LogP contribution is -2.25. The van der Waals surface area contributed by atoms with Gasteiger partial charge < -0.3 is 14.8 Å². The van der Waals surface area contributed by atoms with Crippen molar-refractivity contribution in [3.8, 4) is 28.7 Å². The van der Waals surface area contributed by atoms with Gasteiger partial charge in [-0.1, -0.05) is 0 Å². The lowest BCUT2D eigenvalue weighted by Gasteiger charge is -2.08. The Balaban J connectivity index is 1.61. The Morgan fingerprint density at radius 2 is 1.73 bits per heavy atom. The first-order chi connectivity index (χ1) is 14.3. The number of carbonyl (C=O) groups is 1. The minimum Gasteiger partial charge on any atom is -0.395 e. The molecule has 1 aliphatic heterocycles. The van der Waals surface area contributed by atoms with E-state index in [1.807, 2.05) is 6.07 Å². The smallest absolute Gasteiger partial charge is 0.395 e. The van der Waals surface area contributed by atoms with Crippen LogP contribution in [0.3, 0.4) is 0 Å². The van der Waals surface area contributed by atoms with E-state index in [4.69, 9.17) is 0 Å². The van der Waals surface area contributed by atoms with Crippen LogP contribution in [0.4, 0.5) is 23.4 Å². The van der Waals surface area contributed by atoms with Crippen molar-refractivity contribution in [3.05, 3.63) is 65.6 Å². The van der Waals surface area contributed by atoms with Gasteiger partial charge in [0, 0.05) is 23.4 Å². The molecule has 11 heteroatoms. The number of anilines is 1. The number of ether oxygens (including phenoxy) is 2. The molecule has 0 spiro atoms. The van der Waals surface area contributed by atoms with Crippen molar-refractivity contribution < 1.29 is 31.8 Å². The van der Waals surface area contributed by atoms with Gasteiger partial charge in [-0.15, -0.1) is 8.78 Å². The summed E-state index contributed by atoms with van der Waals surface area (Å²) < 4.78 is 62.5. The molecule has 0 fully saturated rings. The van der Waals surface area contributed by atoms with Crippen molar-refractivity contribution in [1.82, 2.24) is 9.97 Å². The molecule has 3 aromatic rings. The summed E-state index contributed by atoms with van der Waals surface area (Å²) in [5, 5.41) is 11.5. The zero-order valence-electron chi connectivity index (χ0n) is 14.6. The zero-order valence-corrected chi connectivity index (χ0v) is 14.6. The maximum atomic E-state index is 13.6. The summed E-state index contributed by atoms with van der Waals surface area (Å²) in [6, 6.07) is 6.91. The minimum absolute atomic E-state index is 0.0227. The molecule has 0 aliphatic carbocycles. The van der Waals surface area contributed by atoms with Gasteiger partial charge in [-0.25, -0.2) is 13.8 Å². The van der Waals surface area contributed by atoms with E-state index in [9.17, 15) is 27.6 Å². The normalized spacial score (nSPS) is 13.6.